The molecule has 0 saturated carbocycles. The Morgan fingerprint density at radius 2 is 1.90 bits per heavy atom. The number of aromatic hydroxyl groups is 1. The van der Waals surface area contributed by atoms with Gasteiger partial charge < -0.3 is 19.3 Å². The molecule has 0 aliphatic rings. The Morgan fingerprint density at radius 1 is 1.21 bits per heavy atom. The summed E-state index contributed by atoms with van der Waals surface area (Å²) in [4.78, 5) is 23.5. The number of aryl methyl sites for hydroxylation is 1. The Labute approximate surface area is 164 Å². The van der Waals surface area contributed by atoms with Crippen LogP contribution in [-0.4, -0.2) is 37.6 Å². The van der Waals surface area contributed by atoms with E-state index in [1.165, 1.54) is 35.2 Å². The number of ketones is 1. The van der Waals surface area contributed by atoms with Gasteiger partial charge in [-0.25, -0.2) is 4.79 Å². The van der Waals surface area contributed by atoms with Gasteiger partial charge in [0.2, 0.25) is 5.78 Å². The highest BCUT2D eigenvalue weighted by Gasteiger charge is 2.40. The lowest BCUT2D eigenvalue weighted by atomic mass is 10.0. The summed E-state index contributed by atoms with van der Waals surface area (Å²) < 4.78 is 35.3. The molecule has 3 aromatic rings. The van der Waals surface area contributed by atoms with Crippen molar-refractivity contribution in [2.45, 2.75) is 32.2 Å². The minimum Gasteiger partial charge on any atom is -0.508 e. The molecule has 0 radical (unpaired) electrons. The third-order valence-electron chi connectivity index (χ3n) is 4.44. The number of aromatic nitrogens is 2. The van der Waals surface area contributed by atoms with Gasteiger partial charge in [-0.15, -0.1) is 0 Å². The zero-order chi connectivity index (χ0) is 21.2. The predicted octanol–water partition coefficient (Wildman–Crippen LogP) is 3.56. The molecule has 2 heterocycles. The summed E-state index contributed by atoms with van der Waals surface area (Å²) >= 11 is 0. The fourth-order valence-electron chi connectivity index (χ4n) is 2.86. The number of carbonyl (C=O) groups excluding carboxylic acids is 1. The van der Waals surface area contributed by atoms with Crippen LogP contribution in [0.1, 0.15) is 28.6 Å². The molecule has 2 aromatic heterocycles. The number of hydrogen-bond acceptors (Lipinski definition) is 5. The monoisotopic (exact) mass is 404 g/mol. The fraction of sp³-hybridized carbons (Fsp3) is 0.250. The number of Topliss-reactive ketones (excluding diaryl/α,β-unsaturated/α-hetero) is 1. The zero-order valence-electron chi connectivity index (χ0n) is 15.4. The first-order valence-electron chi connectivity index (χ1n) is 8.77. The molecule has 0 fully saturated rings. The second-order valence-corrected chi connectivity index (χ2v) is 6.54. The number of carboxylic acid groups (broad SMARTS) is 1. The van der Waals surface area contributed by atoms with Gasteiger partial charge >= 0.3 is 11.9 Å². The summed E-state index contributed by atoms with van der Waals surface area (Å²) in [6, 6.07) is 7.23. The standard InChI is InChI=1S/C20H18F2N2O5/c1-2-24-10-13(16(11-24)19(27)28)7-18(26)20(21,22)9-15-8-17(23-29-15)12-3-5-14(25)6-4-12/h3-6,8,10-11,25H,2,7,9H2,1H3,(H,27,28). The minimum atomic E-state index is -3.75. The highest BCUT2D eigenvalue weighted by Crippen LogP contribution is 2.27. The third kappa shape index (κ3) is 4.50. The first-order valence-corrected chi connectivity index (χ1v) is 8.77. The summed E-state index contributed by atoms with van der Waals surface area (Å²) in [6.07, 6.45) is 0.993. The Morgan fingerprint density at radius 3 is 2.52 bits per heavy atom. The van der Waals surface area contributed by atoms with Crippen LogP contribution < -0.4 is 0 Å². The van der Waals surface area contributed by atoms with Crippen LogP contribution in [0.15, 0.2) is 47.2 Å². The van der Waals surface area contributed by atoms with E-state index in [9.17, 15) is 28.6 Å². The third-order valence-corrected chi connectivity index (χ3v) is 4.44. The summed E-state index contributed by atoms with van der Waals surface area (Å²) in [7, 11) is 0. The number of benzene rings is 1. The Hall–Kier alpha value is -3.49. The van der Waals surface area contributed by atoms with Gasteiger partial charge in [0.15, 0.2) is 0 Å². The molecule has 0 aliphatic heterocycles. The first-order chi connectivity index (χ1) is 13.7. The van der Waals surface area contributed by atoms with E-state index in [-0.39, 0.29) is 28.3 Å². The maximum atomic E-state index is 14.5. The van der Waals surface area contributed by atoms with Gasteiger partial charge in [0.05, 0.1) is 12.0 Å². The minimum absolute atomic E-state index is 0.0337. The van der Waals surface area contributed by atoms with Gasteiger partial charge in [-0.05, 0) is 36.8 Å². The van der Waals surface area contributed by atoms with Crippen LogP contribution >= 0.6 is 0 Å². The fourth-order valence-corrected chi connectivity index (χ4v) is 2.86. The van der Waals surface area contributed by atoms with Crippen molar-refractivity contribution < 1.29 is 33.1 Å². The molecule has 0 unspecified atom stereocenters. The molecule has 3 rings (SSSR count). The quantitative estimate of drug-likeness (QED) is 0.595. The number of carboxylic acids is 1. The van der Waals surface area contributed by atoms with E-state index in [2.05, 4.69) is 5.16 Å². The van der Waals surface area contributed by atoms with Crippen LogP contribution in [0, 0.1) is 0 Å². The van der Waals surface area contributed by atoms with Gasteiger partial charge in [-0.3, -0.25) is 4.79 Å². The van der Waals surface area contributed by atoms with Crippen molar-refractivity contribution in [1.82, 2.24) is 9.72 Å². The normalized spacial score (nSPS) is 11.6. The summed E-state index contributed by atoms with van der Waals surface area (Å²) in [6.45, 7) is 2.21. The Balaban J connectivity index is 1.74. The molecule has 152 valence electrons. The Kier molecular flexibility index (Phi) is 5.49. The largest absolute Gasteiger partial charge is 0.508 e. The molecule has 1 aromatic carbocycles. The van der Waals surface area contributed by atoms with Gasteiger partial charge in [-0.1, -0.05) is 5.16 Å². The maximum absolute atomic E-state index is 14.5. The van der Waals surface area contributed by atoms with E-state index in [0.29, 0.717) is 12.1 Å². The summed E-state index contributed by atoms with van der Waals surface area (Å²) in [5.74, 6) is -6.58. The lowest BCUT2D eigenvalue weighted by Crippen LogP contribution is -2.32. The summed E-state index contributed by atoms with van der Waals surface area (Å²) in [5.41, 5.74) is 0.701. The van der Waals surface area contributed by atoms with Crippen LogP contribution in [-0.2, 0) is 24.2 Å². The number of phenols is 1. The lowest BCUT2D eigenvalue weighted by Gasteiger charge is -2.13. The average molecular weight is 404 g/mol. The zero-order valence-corrected chi connectivity index (χ0v) is 15.4. The molecule has 0 aliphatic carbocycles. The van der Waals surface area contributed by atoms with E-state index < -0.39 is 30.5 Å². The second-order valence-electron chi connectivity index (χ2n) is 6.54. The molecule has 29 heavy (non-hydrogen) atoms. The van der Waals surface area contributed by atoms with Crippen molar-refractivity contribution >= 4 is 11.8 Å². The van der Waals surface area contributed by atoms with Gasteiger partial charge in [0.1, 0.15) is 17.2 Å². The number of phenolic OH excluding ortho intramolecular Hbond substituents is 1. The lowest BCUT2D eigenvalue weighted by molar-refractivity contribution is -0.142. The summed E-state index contributed by atoms with van der Waals surface area (Å²) in [5, 5.41) is 22.2. The molecule has 0 amide bonds. The molecule has 0 saturated heterocycles. The molecule has 0 spiro atoms. The van der Waals surface area contributed by atoms with Gasteiger partial charge in [0, 0.05) is 37.0 Å². The van der Waals surface area contributed by atoms with E-state index in [1.807, 2.05) is 0 Å². The highest BCUT2D eigenvalue weighted by molar-refractivity contribution is 5.94. The van der Waals surface area contributed by atoms with Crippen molar-refractivity contribution in [3.05, 3.63) is 59.6 Å². The number of halogens is 2. The van der Waals surface area contributed by atoms with Crippen LogP contribution in [0.3, 0.4) is 0 Å². The van der Waals surface area contributed by atoms with Crippen molar-refractivity contribution in [3.8, 4) is 17.0 Å². The van der Waals surface area contributed by atoms with Crippen LogP contribution in [0.25, 0.3) is 11.3 Å². The van der Waals surface area contributed by atoms with E-state index in [0.717, 1.165) is 0 Å². The van der Waals surface area contributed by atoms with Crippen molar-refractivity contribution in [2.75, 3.05) is 0 Å². The van der Waals surface area contributed by atoms with Gasteiger partial charge in [0.25, 0.3) is 0 Å². The molecule has 7 nitrogen and oxygen atoms in total. The van der Waals surface area contributed by atoms with Crippen molar-refractivity contribution in [2.24, 2.45) is 0 Å². The van der Waals surface area contributed by atoms with E-state index in [1.54, 1.807) is 19.1 Å². The van der Waals surface area contributed by atoms with E-state index in [4.69, 9.17) is 4.52 Å². The number of alkyl halides is 2. The molecule has 0 atom stereocenters. The number of hydrogen-bond donors (Lipinski definition) is 2. The molecular formula is C20H18F2N2O5. The van der Waals surface area contributed by atoms with Crippen LogP contribution in [0.2, 0.25) is 0 Å². The molecule has 2 N–H and O–H groups in total. The smallest absolute Gasteiger partial charge is 0.337 e. The topological polar surface area (TPSA) is 106 Å². The molecule has 0 bridgehead atoms. The number of carbonyl (C=O) groups is 2. The van der Waals surface area contributed by atoms with Crippen LogP contribution in [0.5, 0.6) is 5.75 Å². The molecular weight excluding hydrogens is 386 g/mol. The van der Waals surface area contributed by atoms with Gasteiger partial charge in [-0.2, -0.15) is 8.78 Å². The number of nitrogens with zero attached hydrogens (tertiary/aromatic N) is 2. The SMILES string of the molecule is CCn1cc(CC(=O)C(F)(F)Cc2cc(-c3ccc(O)cc3)no2)c(C(=O)O)c1. The predicted molar refractivity (Wildman–Crippen MR) is 98.0 cm³/mol. The second kappa shape index (κ2) is 7.86. The van der Waals surface area contributed by atoms with Crippen molar-refractivity contribution in [3.63, 3.8) is 0 Å². The van der Waals surface area contributed by atoms with E-state index >= 15 is 0 Å². The average Bonchev–Trinajstić information content (AvgIpc) is 3.29. The Bertz CT molecular complexity index is 1040. The number of aromatic carboxylic acids is 1. The maximum Gasteiger partial charge on any atom is 0.337 e. The van der Waals surface area contributed by atoms with Crippen molar-refractivity contribution in [1.29, 1.82) is 0 Å². The van der Waals surface area contributed by atoms with Crippen LogP contribution in [0.4, 0.5) is 8.78 Å². The number of rotatable bonds is 8. The highest BCUT2D eigenvalue weighted by atomic mass is 19.3. The molecule has 9 heteroatoms. The first kappa shape index (κ1) is 20.2.